The van der Waals surface area contributed by atoms with Crippen LogP contribution in [0.15, 0.2) is 24.3 Å². The normalized spacial score (nSPS) is 27.2. The van der Waals surface area contributed by atoms with Crippen molar-refractivity contribution < 1.29 is 9.59 Å². The molecule has 3 aliphatic rings. The van der Waals surface area contributed by atoms with Crippen molar-refractivity contribution in [3.05, 3.63) is 35.4 Å². The molecule has 0 aromatic heterocycles. The van der Waals surface area contributed by atoms with Gasteiger partial charge in [-0.2, -0.15) is 0 Å². The number of nitrogens with zero attached hydrogens (tertiary/aromatic N) is 2. The van der Waals surface area contributed by atoms with Gasteiger partial charge in [-0.15, -0.1) is 0 Å². The number of carbonyl (C=O) groups excluding carboxylic acids is 2. The maximum Gasteiger partial charge on any atom is 0.326 e. The van der Waals surface area contributed by atoms with Crippen LogP contribution in [0.1, 0.15) is 77.3 Å². The number of hydrogen-bond acceptors (Lipinski definition) is 3. The van der Waals surface area contributed by atoms with E-state index in [4.69, 9.17) is 0 Å². The Morgan fingerprint density at radius 2 is 1.63 bits per heavy atom. The third-order valence-corrected chi connectivity index (χ3v) is 7.51. The molecule has 2 saturated carbocycles. The molecule has 4 rings (SSSR count). The fraction of sp³-hybridized carbons (Fsp3) is 0.680. The second-order valence-corrected chi connectivity index (χ2v) is 10.7. The Balaban J connectivity index is 1.43. The van der Waals surface area contributed by atoms with Gasteiger partial charge in [-0.3, -0.25) is 9.69 Å². The minimum Gasteiger partial charge on any atom is -0.323 e. The smallest absolute Gasteiger partial charge is 0.323 e. The summed E-state index contributed by atoms with van der Waals surface area (Å²) in [6, 6.07) is 8.98. The predicted molar refractivity (Wildman–Crippen MR) is 119 cm³/mol. The van der Waals surface area contributed by atoms with Gasteiger partial charge in [-0.1, -0.05) is 52.0 Å². The molecule has 3 amide bonds. The van der Waals surface area contributed by atoms with E-state index in [-0.39, 0.29) is 17.4 Å². The summed E-state index contributed by atoms with van der Waals surface area (Å²) in [5, 5.41) is 3.10. The molecule has 0 bridgehead atoms. The number of amides is 3. The van der Waals surface area contributed by atoms with Gasteiger partial charge in [0, 0.05) is 12.6 Å². The van der Waals surface area contributed by atoms with E-state index in [0.717, 1.165) is 51.5 Å². The molecule has 1 heterocycles. The van der Waals surface area contributed by atoms with Gasteiger partial charge in [0.05, 0.1) is 6.67 Å². The van der Waals surface area contributed by atoms with Gasteiger partial charge >= 0.3 is 6.03 Å². The van der Waals surface area contributed by atoms with Crippen LogP contribution in [0.3, 0.4) is 0 Å². The maximum absolute atomic E-state index is 13.4. The first-order chi connectivity index (χ1) is 14.2. The van der Waals surface area contributed by atoms with Gasteiger partial charge < -0.3 is 5.32 Å². The summed E-state index contributed by atoms with van der Waals surface area (Å²) in [5.74, 6) is 0.600. The van der Waals surface area contributed by atoms with Crippen LogP contribution in [0.2, 0.25) is 0 Å². The molecule has 0 atom stereocenters. The molecular formula is C25H37N3O2. The Labute approximate surface area is 181 Å². The van der Waals surface area contributed by atoms with Gasteiger partial charge in [0.1, 0.15) is 5.54 Å². The van der Waals surface area contributed by atoms with E-state index in [1.165, 1.54) is 16.0 Å². The average Bonchev–Trinajstić information content (AvgIpc) is 3.53. The molecule has 2 aliphatic carbocycles. The number of aryl methyl sites for hydroxylation is 1. The van der Waals surface area contributed by atoms with Crippen molar-refractivity contribution in [3.8, 4) is 0 Å². The monoisotopic (exact) mass is 411 g/mol. The van der Waals surface area contributed by atoms with E-state index in [0.29, 0.717) is 18.6 Å². The van der Waals surface area contributed by atoms with Crippen LogP contribution in [-0.2, 0) is 17.8 Å². The first kappa shape index (κ1) is 21.4. The molecular weight excluding hydrogens is 374 g/mol. The quantitative estimate of drug-likeness (QED) is 0.691. The predicted octanol–water partition coefficient (Wildman–Crippen LogP) is 4.70. The van der Waals surface area contributed by atoms with Crippen LogP contribution < -0.4 is 5.32 Å². The summed E-state index contributed by atoms with van der Waals surface area (Å²) in [4.78, 5) is 30.0. The highest BCUT2D eigenvalue weighted by Crippen LogP contribution is 2.43. The number of rotatable bonds is 6. The lowest BCUT2D eigenvalue weighted by Gasteiger charge is -2.40. The summed E-state index contributed by atoms with van der Waals surface area (Å²) < 4.78 is 0. The fourth-order valence-corrected chi connectivity index (χ4v) is 5.15. The Morgan fingerprint density at radius 3 is 2.17 bits per heavy atom. The SMILES string of the molecule is CCc1ccc(CN(CN2C(=O)NC3(CCC(C(C)(C)C)CC3)C2=O)C2CC2)cc1. The first-order valence-corrected chi connectivity index (χ1v) is 11.7. The van der Waals surface area contributed by atoms with Crippen LogP contribution in [0.25, 0.3) is 0 Å². The summed E-state index contributed by atoms with van der Waals surface area (Å²) in [6.07, 6.45) is 6.85. The number of nitrogens with one attached hydrogen (secondary N) is 1. The number of carbonyl (C=O) groups is 2. The zero-order chi connectivity index (χ0) is 21.5. The zero-order valence-corrected chi connectivity index (χ0v) is 19.0. The van der Waals surface area contributed by atoms with Crippen molar-refractivity contribution in [2.45, 2.75) is 90.8 Å². The molecule has 164 valence electrons. The lowest BCUT2D eigenvalue weighted by Crippen LogP contribution is -2.51. The number of benzene rings is 1. The molecule has 0 unspecified atom stereocenters. The van der Waals surface area contributed by atoms with Crippen molar-refractivity contribution in [3.63, 3.8) is 0 Å². The minimum atomic E-state index is -0.670. The van der Waals surface area contributed by atoms with Gasteiger partial charge in [0.25, 0.3) is 5.91 Å². The highest BCUT2D eigenvalue weighted by Gasteiger charge is 2.53. The molecule has 1 saturated heterocycles. The molecule has 0 radical (unpaired) electrons. The molecule has 30 heavy (non-hydrogen) atoms. The lowest BCUT2D eigenvalue weighted by atomic mass is 9.67. The Morgan fingerprint density at radius 1 is 1.03 bits per heavy atom. The van der Waals surface area contributed by atoms with Crippen molar-refractivity contribution in [1.29, 1.82) is 0 Å². The van der Waals surface area contributed by atoms with E-state index in [2.05, 4.69) is 62.2 Å². The lowest BCUT2D eigenvalue weighted by molar-refractivity contribution is -0.134. The number of hydrogen-bond donors (Lipinski definition) is 1. The van der Waals surface area contributed by atoms with Crippen molar-refractivity contribution in [1.82, 2.24) is 15.1 Å². The summed E-state index contributed by atoms with van der Waals surface area (Å²) in [5.41, 5.74) is 2.16. The van der Waals surface area contributed by atoms with Gasteiger partial charge in [0.2, 0.25) is 0 Å². The Bertz CT molecular complexity index is 784. The van der Waals surface area contributed by atoms with Crippen LogP contribution in [0.4, 0.5) is 4.79 Å². The van der Waals surface area contributed by atoms with Crippen LogP contribution in [0, 0.1) is 11.3 Å². The first-order valence-electron chi connectivity index (χ1n) is 11.7. The van der Waals surface area contributed by atoms with E-state index in [9.17, 15) is 9.59 Å². The third kappa shape index (κ3) is 4.27. The number of urea groups is 1. The van der Waals surface area contributed by atoms with Gasteiger partial charge in [0.15, 0.2) is 0 Å². The summed E-state index contributed by atoms with van der Waals surface area (Å²) in [6.45, 7) is 10.2. The highest BCUT2D eigenvalue weighted by atomic mass is 16.2. The second kappa shape index (κ2) is 7.99. The third-order valence-electron chi connectivity index (χ3n) is 7.51. The standard InChI is InChI=1S/C25H37N3O2/c1-5-18-6-8-19(9-7-18)16-27(21-10-11-21)17-28-22(29)25(26-23(28)30)14-12-20(13-15-25)24(2,3)4/h6-9,20-21H,5,10-17H2,1-4H3,(H,26,30). The molecule has 1 N–H and O–H groups in total. The largest absolute Gasteiger partial charge is 0.326 e. The van der Waals surface area contributed by atoms with Crippen molar-refractivity contribution >= 4 is 11.9 Å². The highest BCUT2D eigenvalue weighted by molar-refractivity contribution is 6.07. The van der Waals surface area contributed by atoms with Crippen LogP contribution >= 0.6 is 0 Å². The molecule has 1 aromatic rings. The van der Waals surface area contributed by atoms with Crippen LogP contribution in [-0.4, -0.2) is 40.0 Å². The zero-order valence-electron chi connectivity index (χ0n) is 19.0. The molecule has 1 aliphatic heterocycles. The fourth-order valence-electron chi connectivity index (χ4n) is 5.15. The van der Waals surface area contributed by atoms with Gasteiger partial charge in [-0.05, 0) is 67.4 Å². The molecule has 5 heteroatoms. The average molecular weight is 412 g/mol. The molecule has 5 nitrogen and oxygen atoms in total. The van der Waals surface area contributed by atoms with E-state index < -0.39 is 5.54 Å². The summed E-state index contributed by atoms with van der Waals surface area (Å²) in [7, 11) is 0. The van der Waals surface area contributed by atoms with Crippen molar-refractivity contribution in [2.75, 3.05) is 6.67 Å². The van der Waals surface area contributed by atoms with Crippen molar-refractivity contribution in [2.24, 2.45) is 11.3 Å². The Kier molecular flexibility index (Phi) is 5.69. The maximum atomic E-state index is 13.4. The van der Waals surface area contributed by atoms with Crippen LogP contribution in [0.5, 0.6) is 0 Å². The molecule has 3 fully saturated rings. The second-order valence-electron chi connectivity index (χ2n) is 10.7. The minimum absolute atomic E-state index is 0.00756. The topological polar surface area (TPSA) is 52.6 Å². The van der Waals surface area contributed by atoms with E-state index >= 15 is 0 Å². The van der Waals surface area contributed by atoms with E-state index in [1.54, 1.807) is 0 Å². The number of imide groups is 1. The van der Waals surface area contributed by atoms with E-state index in [1.807, 2.05) is 0 Å². The molecule has 1 aromatic carbocycles. The summed E-state index contributed by atoms with van der Waals surface area (Å²) >= 11 is 0. The molecule has 1 spiro atoms. The van der Waals surface area contributed by atoms with Gasteiger partial charge in [-0.25, -0.2) is 9.69 Å². The Hall–Kier alpha value is -1.88.